The summed E-state index contributed by atoms with van der Waals surface area (Å²) in [6.45, 7) is -0.328. The summed E-state index contributed by atoms with van der Waals surface area (Å²) in [5.41, 5.74) is -0.817. The van der Waals surface area contributed by atoms with E-state index in [4.69, 9.17) is 4.74 Å². The van der Waals surface area contributed by atoms with Crippen molar-refractivity contribution in [2.75, 3.05) is 13.7 Å². The van der Waals surface area contributed by atoms with Gasteiger partial charge in [0.25, 0.3) is 17.7 Å². The number of aromatic nitrogens is 1. The van der Waals surface area contributed by atoms with Crippen LogP contribution in [-0.2, 0) is 19.2 Å². The van der Waals surface area contributed by atoms with Gasteiger partial charge in [-0.15, -0.1) is 0 Å². The molecule has 224 valence electrons. The van der Waals surface area contributed by atoms with Crippen molar-refractivity contribution in [3.05, 3.63) is 30.0 Å². The van der Waals surface area contributed by atoms with Crippen molar-refractivity contribution in [3.8, 4) is 5.75 Å². The number of Topliss-reactive ketones (excluding diaryl/α,β-unsaturated/α-hetero) is 2. The molecule has 3 N–H and O–H groups in total. The van der Waals surface area contributed by atoms with Crippen LogP contribution in [0.4, 0.5) is 8.78 Å². The minimum absolute atomic E-state index is 0.0283. The molecule has 1 spiro atoms. The summed E-state index contributed by atoms with van der Waals surface area (Å²) >= 11 is 0. The van der Waals surface area contributed by atoms with Gasteiger partial charge in [-0.3, -0.25) is 24.0 Å². The van der Waals surface area contributed by atoms with Crippen LogP contribution in [0.5, 0.6) is 5.75 Å². The van der Waals surface area contributed by atoms with E-state index in [-0.39, 0.29) is 36.9 Å². The average Bonchev–Trinajstić information content (AvgIpc) is 3.73. The second-order valence-corrected chi connectivity index (χ2v) is 12.2. The number of ketones is 2. The third-order valence-corrected chi connectivity index (χ3v) is 9.25. The Labute approximate surface area is 240 Å². The second-order valence-electron chi connectivity index (χ2n) is 12.2. The number of halogens is 2. The van der Waals surface area contributed by atoms with Crippen LogP contribution in [0.1, 0.15) is 68.3 Å². The van der Waals surface area contributed by atoms with Crippen LogP contribution in [0.3, 0.4) is 0 Å². The standard InChI is InChI=1S/C30H34F2N4O6/c1-42-24-8-4-6-19-18(24)12-21(34-19)28(41)36-15-29(14-30(29,31)32)13-22(36)26(39)35-20(11-16-5-2-3-7-23(16)37)25(38)27(40)33-17-9-10-17/h4,6,8,12,16-17,20,22,34H,2-3,5,7,9-11,13-15H2,1H3,(H,33,40)(H,35,39)/t16-,20-,22-,29-/m0/s1. The molecule has 1 aromatic carbocycles. The highest BCUT2D eigenvalue weighted by Gasteiger charge is 2.75. The van der Waals surface area contributed by atoms with E-state index < -0.39 is 59.3 Å². The Morgan fingerprint density at radius 3 is 2.60 bits per heavy atom. The van der Waals surface area contributed by atoms with Crippen LogP contribution in [0.15, 0.2) is 24.3 Å². The fourth-order valence-corrected chi connectivity index (χ4v) is 6.51. The number of ether oxygens (including phenoxy) is 1. The number of amides is 3. The van der Waals surface area contributed by atoms with Gasteiger partial charge in [-0.25, -0.2) is 8.78 Å². The van der Waals surface area contributed by atoms with Gasteiger partial charge in [-0.05, 0) is 56.7 Å². The van der Waals surface area contributed by atoms with E-state index in [2.05, 4.69) is 15.6 Å². The van der Waals surface area contributed by atoms with Crippen LogP contribution >= 0.6 is 0 Å². The zero-order valence-electron chi connectivity index (χ0n) is 23.3. The first-order valence-electron chi connectivity index (χ1n) is 14.5. The number of H-pyrrole nitrogens is 1. The first-order chi connectivity index (χ1) is 20.0. The van der Waals surface area contributed by atoms with Gasteiger partial charge >= 0.3 is 0 Å². The summed E-state index contributed by atoms with van der Waals surface area (Å²) in [6, 6.07) is 4.08. The number of aromatic amines is 1. The molecule has 0 radical (unpaired) electrons. The van der Waals surface area contributed by atoms with E-state index in [1.807, 2.05) is 0 Å². The molecular formula is C30H34F2N4O6. The predicted molar refractivity (Wildman–Crippen MR) is 146 cm³/mol. The quantitative estimate of drug-likeness (QED) is 0.388. The minimum atomic E-state index is -3.03. The van der Waals surface area contributed by atoms with Crippen LogP contribution < -0.4 is 15.4 Å². The van der Waals surface area contributed by atoms with Crippen LogP contribution in [0.2, 0.25) is 0 Å². The first kappa shape index (κ1) is 28.3. The molecule has 4 aliphatic rings. The lowest BCUT2D eigenvalue weighted by atomic mass is 9.82. The van der Waals surface area contributed by atoms with Gasteiger partial charge in [-0.1, -0.05) is 12.5 Å². The van der Waals surface area contributed by atoms with Crippen molar-refractivity contribution in [2.45, 2.75) is 81.8 Å². The van der Waals surface area contributed by atoms with Crippen molar-refractivity contribution < 1.29 is 37.5 Å². The van der Waals surface area contributed by atoms with Crippen molar-refractivity contribution in [1.29, 1.82) is 0 Å². The normalized spacial score (nSPS) is 27.1. The molecule has 3 aliphatic carbocycles. The van der Waals surface area contributed by atoms with Crippen LogP contribution in [0.25, 0.3) is 10.9 Å². The smallest absolute Gasteiger partial charge is 0.289 e. The van der Waals surface area contributed by atoms with Gasteiger partial charge in [0.15, 0.2) is 0 Å². The molecular weight excluding hydrogens is 550 g/mol. The third kappa shape index (κ3) is 5.15. The summed E-state index contributed by atoms with van der Waals surface area (Å²) < 4.78 is 34.5. The Morgan fingerprint density at radius 2 is 1.93 bits per heavy atom. The van der Waals surface area contributed by atoms with Gasteiger partial charge in [0.1, 0.15) is 23.3 Å². The molecule has 0 unspecified atom stereocenters. The van der Waals surface area contributed by atoms with Gasteiger partial charge in [0, 0.05) is 42.2 Å². The molecule has 12 heteroatoms. The number of hydrogen-bond acceptors (Lipinski definition) is 6. The summed E-state index contributed by atoms with van der Waals surface area (Å²) in [4.78, 5) is 70.1. The third-order valence-electron chi connectivity index (χ3n) is 9.25. The van der Waals surface area contributed by atoms with E-state index in [0.717, 1.165) is 30.6 Å². The molecule has 2 aromatic rings. The van der Waals surface area contributed by atoms with E-state index in [1.165, 1.54) is 7.11 Å². The SMILES string of the molecule is COc1cccc2[nH]c(C(=O)N3C[C@]4(C[C@H]3C(=O)N[C@@H](C[C@@H]3CCCCC3=O)C(=O)C(=O)NC3CC3)CC4(F)F)cc12. The monoisotopic (exact) mass is 584 g/mol. The fraction of sp³-hybridized carbons (Fsp3) is 0.567. The number of rotatable bonds is 9. The Bertz CT molecular complexity index is 1470. The number of likely N-dealkylation sites (tertiary alicyclic amines) is 1. The molecule has 4 fully saturated rings. The van der Waals surface area contributed by atoms with E-state index >= 15 is 0 Å². The zero-order valence-corrected chi connectivity index (χ0v) is 23.3. The molecule has 0 bridgehead atoms. The minimum Gasteiger partial charge on any atom is -0.496 e. The van der Waals surface area contributed by atoms with Crippen LogP contribution in [0, 0.1) is 11.3 Å². The summed E-state index contributed by atoms with van der Waals surface area (Å²) in [7, 11) is 1.49. The number of carbonyl (C=O) groups excluding carboxylic acids is 5. The number of fused-ring (bicyclic) bond motifs is 1. The molecule has 3 saturated carbocycles. The molecule has 3 amide bonds. The topological polar surface area (TPSA) is 138 Å². The average molecular weight is 585 g/mol. The van der Waals surface area contributed by atoms with Crippen molar-refractivity contribution >= 4 is 40.2 Å². The van der Waals surface area contributed by atoms with Crippen molar-refractivity contribution in [3.63, 3.8) is 0 Å². The molecule has 2 heterocycles. The summed E-state index contributed by atoms with van der Waals surface area (Å²) in [5.74, 6) is -6.18. The maximum atomic E-state index is 14.6. The number of hydrogen-bond donors (Lipinski definition) is 3. The number of carbonyl (C=O) groups is 5. The van der Waals surface area contributed by atoms with Crippen molar-refractivity contribution in [1.82, 2.24) is 20.5 Å². The zero-order chi connectivity index (χ0) is 29.8. The lowest BCUT2D eigenvalue weighted by Crippen LogP contribution is -2.54. The second kappa shape index (κ2) is 10.5. The summed E-state index contributed by atoms with van der Waals surface area (Å²) in [6.07, 6.45) is 3.18. The number of nitrogens with zero attached hydrogens (tertiary/aromatic N) is 1. The van der Waals surface area contributed by atoms with E-state index in [1.54, 1.807) is 24.3 Å². The lowest BCUT2D eigenvalue weighted by Gasteiger charge is -2.28. The Kier molecular flexibility index (Phi) is 7.05. The highest BCUT2D eigenvalue weighted by Crippen LogP contribution is 2.66. The largest absolute Gasteiger partial charge is 0.496 e. The van der Waals surface area contributed by atoms with E-state index in [9.17, 15) is 32.8 Å². The molecule has 6 rings (SSSR count). The molecule has 4 atom stereocenters. The Morgan fingerprint density at radius 1 is 1.17 bits per heavy atom. The van der Waals surface area contributed by atoms with Crippen molar-refractivity contribution in [2.24, 2.45) is 11.3 Å². The number of methoxy groups -OCH3 is 1. The number of nitrogens with one attached hydrogen (secondary N) is 3. The van der Waals surface area contributed by atoms with Gasteiger partial charge in [0.2, 0.25) is 11.7 Å². The molecule has 42 heavy (non-hydrogen) atoms. The first-order valence-corrected chi connectivity index (χ1v) is 14.5. The molecule has 1 aromatic heterocycles. The van der Waals surface area contributed by atoms with Gasteiger partial charge in [-0.2, -0.15) is 0 Å². The van der Waals surface area contributed by atoms with Crippen LogP contribution in [-0.4, -0.2) is 76.9 Å². The molecule has 1 saturated heterocycles. The highest BCUT2D eigenvalue weighted by molar-refractivity contribution is 6.38. The maximum Gasteiger partial charge on any atom is 0.289 e. The highest BCUT2D eigenvalue weighted by atomic mass is 19.3. The summed E-state index contributed by atoms with van der Waals surface area (Å²) in [5, 5.41) is 5.86. The van der Waals surface area contributed by atoms with E-state index in [0.29, 0.717) is 29.5 Å². The molecule has 10 nitrogen and oxygen atoms in total. The van der Waals surface area contributed by atoms with Gasteiger partial charge in [0.05, 0.1) is 18.6 Å². The molecule has 1 aliphatic heterocycles. The fourth-order valence-electron chi connectivity index (χ4n) is 6.51. The Hall–Kier alpha value is -3.83. The number of alkyl halides is 2. The predicted octanol–water partition coefficient (Wildman–Crippen LogP) is 2.90. The number of benzene rings is 1. The maximum absolute atomic E-state index is 14.6. The lowest BCUT2D eigenvalue weighted by molar-refractivity contribution is -0.141. The Balaban J connectivity index is 1.26. The van der Waals surface area contributed by atoms with Gasteiger partial charge < -0.3 is 25.3 Å².